The third-order valence-corrected chi connectivity index (χ3v) is 6.68. The van der Waals surface area contributed by atoms with Gasteiger partial charge in [0, 0.05) is 22.8 Å². The van der Waals surface area contributed by atoms with Gasteiger partial charge in [-0.2, -0.15) is 0 Å². The number of benzene rings is 2. The van der Waals surface area contributed by atoms with E-state index in [0.29, 0.717) is 25.7 Å². The highest BCUT2D eigenvalue weighted by atomic mass is 35.5. The minimum absolute atomic E-state index is 0.145. The van der Waals surface area contributed by atoms with Crippen LogP contribution in [-0.2, 0) is 6.42 Å². The van der Waals surface area contributed by atoms with E-state index in [1.807, 2.05) is 31.2 Å². The summed E-state index contributed by atoms with van der Waals surface area (Å²) in [5.41, 5.74) is 9.60. The van der Waals surface area contributed by atoms with Crippen LogP contribution in [-0.4, -0.2) is 36.8 Å². The maximum Gasteiger partial charge on any atom is 0.171 e. The fourth-order valence-electron chi connectivity index (χ4n) is 4.81. The number of hydrogen-bond acceptors (Lipinski definition) is 5. The van der Waals surface area contributed by atoms with Gasteiger partial charge in [-0.3, -0.25) is 4.98 Å². The van der Waals surface area contributed by atoms with E-state index in [-0.39, 0.29) is 16.9 Å². The van der Waals surface area contributed by atoms with Gasteiger partial charge in [-0.1, -0.05) is 11.6 Å². The molecule has 0 fully saturated rings. The summed E-state index contributed by atoms with van der Waals surface area (Å²) < 4.78 is 26.7. The molecule has 0 radical (unpaired) electrons. The van der Waals surface area contributed by atoms with Gasteiger partial charge >= 0.3 is 0 Å². The minimum Gasteiger partial charge on any atom is -0.486 e. The molecule has 5 rings (SSSR count). The lowest BCUT2D eigenvalue weighted by Gasteiger charge is -2.42. The molecule has 3 aromatic rings. The molecule has 2 aliphatic heterocycles. The lowest BCUT2D eigenvalue weighted by atomic mass is 9.92. The standard InChI is InChI=1S/C25H27ClFN3O2/c1-15-4-7-19-22(29-15)8-9-24-25(19)32-18(14-31-24)13-30-17(3-2-10-28)6-5-16-11-21(27)20(26)12-23(16)30/h4,7-9,11-12,17-18H,2-3,5-6,10,13-14,28H2,1H3/t17?,18-/m0/s1. The van der Waals surface area contributed by atoms with Crippen LogP contribution in [0.5, 0.6) is 11.5 Å². The SMILES string of the molecule is Cc1ccc2c3c(ccc2n1)OC[C@H](CN1c2cc(Cl)c(F)cc2CCC1CCCN)O3. The van der Waals surface area contributed by atoms with Gasteiger partial charge in [-0.05, 0) is 81.1 Å². The Labute approximate surface area is 192 Å². The molecule has 3 heterocycles. The molecule has 2 N–H and O–H groups in total. The molecule has 2 atom stereocenters. The van der Waals surface area contributed by atoms with Crippen LogP contribution in [0.15, 0.2) is 36.4 Å². The van der Waals surface area contributed by atoms with Crippen molar-refractivity contribution in [1.29, 1.82) is 0 Å². The van der Waals surface area contributed by atoms with E-state index in [4.69, 9.17) is 26.8 Å². The third kappa shape index (κ3) is 3.97. The van der Waals surface area contributed by atoms with Crippen molar-refractivity contribution in [2.75, 3.05) is 24.6 Å². The Bertz CT molecular complexity index is 1160. The molecule has 0 amide bonds. The topological polar surface area (TPSA) is 60.6 Å². The van der Waals surface area contributed by atoms with E-state index in [2.05, 4.69) is 9.88 Å². The molecule has 2 aromatic carbocycles. The summed E-state index contributed by atoms with van der Waals surface area (Å²) in [7, 11) is 0. The van der Waals surface area contributed by atoms with Crippen molar-refractivity contribution in [1.82, 2.24) is 4.98 Å². The minimum atomic E-state index is -0.369. The lowest BCUT2D eigenvalue weighted by molar-refractivity contribution is 0.0951. The van der Waals surface area contributed by atoms with Crippen molar-refractivity contribution in [3.63, 3.8) is 0 Å². The van der Waals surface area contributed by atoms with E-state index >= 15 is 0 Å². The Kier molecular flexibility index (Phi) is 5.82. The van der Waals surface area contributed by atoms with Crippen LogP contribution in [0.2, 0.25) is 5.02 Å². The number of ether oxygens (including phenoxy) is 2. The van der Waals surface area contributed by atoms with Crippen molar-refractivity contribution < 1.29 is 13.9 Å². The molecular formula is C25H27ClFN3O2. The van der Waals surface area contributed by atoms with Crippen molar-refractivity contribution in [2.45, 2.75) is 44.8 Å². The first-order valence-corrected chi connectivity index (χ1v) is 11.6. The zero-order valence-electron chi connectivity index (χ0n) is 18.1. The smallest absolute Gasteiger partial charge is 0.171 e. The summed E-state index contributed by atoms with van der Waals surface area (Å²) in [5.74, 6) is 1.11. The molecule has 1 aromatic heterocycles. The number of nitrogens with zero attached hydrogens (tertiary/aromatic N) is 2. The number of rotatable bonds is 5. The van der Waals surface area contributed by atoms with Crippen LogP contribution in [0, 0.1) is 12.7 Å². The highest BCUT2D eigenvalue weighted by Gasteiger charge is 2.32. The average molecular weight is 456 g/mol. The maximum atomic E-state index is 14.1. The highest BCUT2D eigenvalue weighted by Crippen LogP contribution is 2.40. The van der Waals surface area contributed by atoms with Crippen molar-refractivity contribution in [3.8, 4) is 11.5 Å². The second-order valence-electron chi connectivity index (χ2n) is 8.63. The first kappa shape index (κ1) is 21.3. The number of pyridine rings is 1. The number of halogens is 2. The zero-order valence-corrected chi connectivity index (χ0v) is 18.9. The molecular weight excluding hydrogens is 429 g/mol. The van der Waals surface area contributed by atoms with Crippen LogP contribution in [0.1, 0.15) is 30.5 Å². The molecule has 2 aliphatic rings. The number of anilines is 1. The van der Waals surface area contributed by atoms with E-state index < -0.39 is 0 Å². The van der Waals surface area contributed by atoms with Gasteiger partial charge in [-0.25, -0.2) is 4.39 Å². The van der Waals surface area contributed by atoms with Crippen molar-refractivity contribution >= 4 is 28.2 Å². The quantitative estimate of drug-likeness (QED) is 0.584. The van der Waals surface area contributed by atoms with Gasteiger partial charge < -0.3 is 20.1 Å². The number of hydrogen-bond donors (Lipinski definition) is 1. The van der Waals surface area contributed by atoms with Crippen LogP contribution in [0.25, 0.3) is 10.9 Å². The van der Waals surface area contributed by atoms with Gasteiger partial charge in [0.1, 0.15) is 12.4 Å². The summed E-state index contributed by atoms with van der Waals surface area (Å²) in [6, 6.07) is 11.5. The molecule has 0 bridgehead atoms. The molecule has 0 spiro atoms. The summed E-state index contributed by atoms with van der Waals surface area (Å²) in [4.78, 5) is 6.92. The Morgan fingerprint density at radius 1 is 1.25 bits per heavy atom. The summed E-state index contributed by atoms with van der Waals surface area (Å²) in [5, 5.41) is 1.09. The van der Waals surface area contributed by atoms with Gasteiger partial charge in [0.2, 0.25) is 0 Å². The van der Waals surface area contributed by atoms with E-state index in [1.165, 1.54) is 0 Å². The second kappa shape index (κ2) is 8.75. The van der Waals surface area contributed by atoms with E-state index in [1.54, 1.807) is 12.1 Å². The van der Waals surface area contributed by atoms with Crippen molar-refractivity contribution in [2.24, 2.45) is 5.73 Å². The molecule has 1 unspecified atom stereocenters. The predicted octanol–water partition coefficient (Wildman–Crippen LogP) is 5.04. The first-order valence-electron chi connectivity index (χ1n) is 11.2. The summed E-state index contributed by atoms with van der Waals surface area (Å²) >= 11 is 6.17. The fraction of sp³-hybridized carbons (Fsp3) is 0.400. The van der Waals surface area contributed by atoms with Crippen molar-refractivity contribution in [3.05, 3.63) is 58.5 Å². The Balaban J connectivity index is 1.45. The maximum absolute atomic E-state index is 14.1. The average Bonchev–Trinajstić information content (AvgIpc) is 2.79. The lowest BCUT2D eigenvalue weighted by Crippen LogP contribution is -2.48. The molecule has 0 saturated carbocycles. The molecule has 32 heavy (non-hydrogen) atoms. The molecule has 5 nitrogen and oxygen atoms in total. The van der Waals surface area contributed by atoms with Crippen LogP contribution >= 0.6 is 11.6 Å². The monoisotopic (exact) mass is 455 g/mol. The van der Waals surface area contributed by atoms with Gasteiger partial charge in [0.05, 0.1) is 17.1 Å². The second-order valence-corrected chi connectivity index (χ2v) is 9.04. The Hall–Kier alpha value is -2.57. The Morgan fingerprint density at radius 3 is 2.97 bits per heavy atom. The number of aryl methyl sites for hydroxylation is 2. The molecule has 0 saturated heterocycles. The number of fused-ring (bicyclic) bond motifs is 4. The summed E-state index contributed by atoms with van der Waals surface area (Å²) in [6.45, 7) is 3.69. The van der Waals surface area contributed by atoms with Crippen LogP contribution < -0.4 is 20.1 Å². The normalized spacial score (nSPS) is 19.8. The van der Waals surface area contributed by atoms with E-state index in [0.717, 1.165) is 65.0 Å². The van der Waals surface area contributed by atoms with Gasteiger partial charge in [0.15, 0.2) is 17.6 Å². The predicted molar refractivity (Wildman–Crippen MR) is 126 cm³/mol. The van der Waals surface area contributed by atoms with E-state index in [9.17, 15) is 4.39 Å². The third-order valence-electron chi connectivity index (χ3n) is 6.39. The fourth-order valence-corrected chi connectivity index (χ4v) is 4.97. The van der Waals surface area contributed by atoms with Crippen LogP contribution in [0.4, 0.5) is 10.1 Å². The van der Waals surface area contributed by atoms with Gasteiger partial charge in [-0.15, -0.1) is 0 Å². The largest absolute Gasteiger partial charge is 0.486 e. The molecule has 168 valence electrons. The first-order chi connectivity index (χ1) is 15.5. The number of aromatic nitrogens is 1. The molecule has 7 heteroatoms. The highest BCUT2D eigenvalue weighted by molar-refractivity contribution is 6.31. The number of nitrogens with two attached hydrogens (primary N) is 1. The van der Waals surface area contributed by atoms with Crippen LogP contribution in [0.3, 0.4) is 0 Å². The zero-order chi connectivity index (χ0) is 22.2. The molecule has 0 aliphatic carbocycles. The summed E-state index contributed by atoms with van der Waals surface area (Å²) in [6.07, 6.45) is 3.51. The van der Waals surface area contributed by atoms with Gasteiger partial charge in [0.25, 0.3) is 0 Å². The Morgan fingerprint density at radius 2 is 2.12 bits per heavy atom.